The molecule has 0 atom stereocenters. The standard InChI is InChI=1S/C15H13N3O3/c1-10-16-11-6-3-4-7-12(11)17(10)13-8-5-9-14(21-2)15(13)18(19)20/h3-9H,1-2H3. The van der Waals surface area contributed by atoms with Gasteiger partial charge in [-0.15, -0.1) is 0 Å². The minimum absolute atomic E-state index is 0.0637. The summed E-state index contributed by atoms with van der Waals surface area (Å²) in [5.74, 6) is 0.919. The largest absolute Gasteiger partial charge is 0.490 e. The molecule has 0 aliphatic rings. The van der Waals surface area contributed by atoms with E-state index in [4.69, 9.17) is 4.74 Å². The summed E-state index contributed by atoms with van der Waals surface area (Å²) in [6, 6.07) is 12.5. The summed E-state index contributed by atoms with van der Waals surface area (Å²) in [4.78, 5) is 15.5. The van der Waals surface area contributed by atoms with Crippen molar-refractivity contribution in [2.75, 3.05) is 7.11 Å². The van der Waals surface area contributed by atoms with Gasteiger partial charge in [0.05, 0.1) is 23.1 Å². The van der Waals surface area contributed by atoms with Gasteiger partial charge in [-0.1, -0.05) is 18.2 Å². The number of aromatic nitrogens is 2. The quantitative estimate of drug-likeness (QED) is 0.546. The fourth-order valence-electron chi connectivity index (χ4n) is 2.49. The third-order valence-electron chi connectivity index (χ3n) is 3.35. The van der Waals surface area contributed by atoms with Crippen molar-refractivity contribution >= 4 is 16.7 Å². The Morgan fingerprint density at radius 3 is 2.67 bits per heavy atom. The molecule has 0 radical (unpaired) electrons. The first-order chi connectivity index (χ1) is 10.1. The molecular formula is C15H13N3O3. The molecule has 21 heavy (non-hydrogen) atoms. The van der Waals surface area contributed by atoms with E-state index in [2.05, 4.69) is 4.98 Å². The zero-order valence-electron chi connectivity index (χ0n) is 11.6. The van der Waals surface area contributed by atoms with Crippen molar-refractivity contribution in [1.82, 2.24) is 9.55 Å². The molecular weight excluding hydrogens is 270 g/mol. The number of benzene rings is 2. The SMILES string of the molecule is COc1cccc(-n2c(C)nc3ccccc32)c1[N+](=O)[O-]. The molecule has 6 nitrogen and oxygen atoms in total. The average Bonchev–Trinajstić information content (AvgIpc) is 2.81. The minimum Gasteiger partial charge on any atom is -0.490 e. The Kier molecular flexibility index (Phi) is 3.06. The minimum atomic E-state index is -0.428. The van der Waals surface area contributed by atoms with Crippen LogP contribution >= 0.6 is 0 Å². The molecule has 0 N–H and O–H groups in total. The molecule has 0 aliphatic heterocycles. The maximum Gasteiger partial charge on any atom is 0.334 e. The first kappa shape index (κ1) is 13.1. The molecule has 106 valence electrons. The van der Waals surface area contributed by atoms with Gasteiger partial charge in [-0.3, -0.25) is 14.7 Å². The number of nitrogens with zero attached hydrogens (tertiary/aromatic N) is 3. The van der Waals surface area contributed by atoms with Gasteiger partial charge in [0, 0.05) is 0 Å². The van der Waals surface area contributed by atoms with Crippen LogP contribution in [0.15, 0.2) is 42.5 Å². The number of rotatable bonds is 3. The Labute approximate surface area is 120 Å². The van der Waals surface area contributed by atoms with E-state index in [9.17, 15) is 10.1 Å². The highest BCUT2D eigenvalue weighted by Gasteiger charge is 2.24. The van der Waals surface area contributed by atoms with Crippen molar-refractivity contribution in [3.8, 4) is 11.4 Å². The summed E-state index contributed by atoms with van der Waals surface area (Å²) in [6.07, 6.45) is 0. The first-order valence-electron chi connectivity index (χ1n) is 6.39. The predicted octanol–water partition coefficient (Wildman–Crippen LogP) is 3.25. The molecule has 1 aromatic heterocycles. The third-order valence-corrected chi connectivity index (χ3v) is 3.35. The van der Waals surface area contributed by atoms with E-state index in [1.807, 2.05) is 31.2 Å². The molecule has 0 aliphatic carbocycles. The molecule has 3 rings (SSSR count). The Balaban J connectivity index is 2.38. The number of imidazole rings is 1. The van der Waals surface area contributed by atoms with Crippen molar-refractivity contribution in [3.05, 3.63) is 58.4 Å². The van der Waals surface area contributed by atoms with E-state index in [0.717, 1.165) is 11.0 Å². The molecule has 0 amide bonds. The van der Waals surface area contributed by atoms with Gasteiger partial charge in [0.25, 0.3) is 0 Å². The number of nitro groups is 1. The summed E-state index contributed by atoms with van der Waals surface area (Å²) in [7, 11) is 1.42. The van der Waals surface area contributed by atoms with Crippen molar-refractivity contribution in [3.63, 3.8) is 0 Å². The number of hydrogen-bond donors (Lipinski definition) is 0. The molecule has 0 bridgehead atoms. The van der Waals surface area contributed by atoms with Crippen molar-refractivity contribution in [1.29, 1.82) is 0 Å². The zero-order valence-corrected chi connectivity index (χ0v) is 11.6. The molecule has 0 spiro atoms. The number of para-hydroxylation sites is 3. The fourth-order valence-corrected chi connectivity index (χ4v) is 2.49. The highest BCUT2D eigenvalue weighted by molar-refractivity contribution is 5.80. The molecule has 3 aromatic rings. The number of fused-ring (bicyclic) bond motifs is 1. The molecule has 0 saturated heterocycles. The molecule has 0 saturated carbocycles. The van der Waals surface area contributed by atoms with Crippen LogP contribution in [-0.4, -0.2) is 21.6 Å². The van der Waals surface area contributed by atoms with Gasteiger partial charge in [0.15, 0.2) is 5.75 Å². The normalized spacial score (nSPS) is 10.8. The van der Waals surface area contributed by atoms with Crippen molar-refractivity contribution in [2.45, 2.75) is 6.92 Å². The lowest BCUT2D eigenvalue weighted by Gasteiger charge is -2.10. The lowest BCUT2D eigenvalue weighted by atomic mass is 10.2. The lowest BCUT2D eigenvalue weighted by Crippen LogP contribution is -2.03. The van der Waals surface area contributed by atoms with Gasteiger partial charge in [-0.25, -0.2) is 4.98 Å². The van der Waals surface area contributed by atoms with Crippen LogP contribution in [-0.2, 0) is 0 Å². The van der Waals surface area contributed by atoms with E-state index in [1.54, 1.807) is 22.8 Å². The Bertz CT molecular complexity index is 839. The van der Waals surface area contributed by atoms with Crippen LogP contribution in [0.3, 0.4) is 0 Å². The molecule has 1 heterocycles. The number of ether oxygens (including phenoxy) is 1. The zero-order chi connectivity index (χ0) is 15.0. The Hall–Kier alpha value is -2.89. The van der Waals surface area contributed by atoms with E-state index in [0.29, 0.717) is 11.5 Å². The molecule has 2 aromatic carbocycles. The van der Waals surface area contributed by atoms with Gasteiger partial charge in [0.2, 0.25) is 0 Å². The van der Waals surface area contributed by atoms with Crippen LogP contribution in [0.25, 0.3) is 16.7 Å². The van der Waals surface area contributed by atoms with Crippen LogP contribution in [0.4, 0.5) is 5.69 Å². The third kappa shape index (κ3) is 2.01. The van der Waals surface area contributed by atoms with E-state index in [-0.39, 0.29) is 11.4 Å². The van der Waals surface area contributed by atoms with E-state index in [1.165, 1.54) is 7.11 Å². The average molecular weight is 283 g/mol. The topological polar surface area (TPSA) is 70.2 Å². The second-order valence-corrected chi connectivity index (χ2v) is 4.57. The summed E-state index contributed by atoms with van der Waals surface area (Å²) in [5.41, 5.74) is 2.01. The highest BCUT2D eigenvalue weighted by atomic mass is 16.6. The van der Waals surface area contributed by atoms with Crippen LogP contribution in [0.5, 0.6) is 5.75 Å². The van der Waals surface area contributed by atoms with Gasteiger partial charge in [-0.05, 0) is 31.2 Å². The van der Waals surface area contributed by atoms with Gasteiger partial charge < -0.3 is 4.74 Å². The van der Waals surface area contributed by atoms with Crippen LogP contribution in [0.2, 0.25) is 0 Å². The van der Waals surface area contributed by atoms with Gasteiger partial charge in [0.1, 0.15) is 11.5 Å². The summed E-state index contributed by atoms with van der Waals surface area (Å²) in [5, 5.41) is 11.4. The second kappa shape index (κ2) is 4.90. The number of aryl methyl sites for hydroxylation is 1. The van der Waals surface area contributed by atoms with E-state index < -0.39 is 4.92 Å². The molecule has 6 heteroatoms. The Morgan fingerprint density at radius 1 is 1.19 bits per heavy atom. The summed E-state index contributed by atoms with van der Waals surface area (Å²) < 4.78 is 6.90. The van der Waals surface area contributed by atoms with Crippen LogP contribution in [0, 0.1) is 17.0 Å². The monoisotopic (exact) mass is 283 g/mol. The molecule has 0 unspecified atom stereocenters. The number of methoxy groups -OCH3 is 1. The van der Waals surface area contributed by atoms with Crippen LogP contribution < -0.4 is 4.74 Å². The summed E-state index contributed by atoms with van der Waals surface area (Å²) >= 11 is 0. The van der Waals surface area contributed by atoms with E-state index >= 15 is 0 Å². The van der Waals surface area contributed by atoms with Crippen molar-refractivity contribution < 1.29 is 9.66 Å². The van der Waals surface area contributed by atoms with Crippen molar-refractivity contribution in [2.24, 2.45) is 0 Å². The van der Waals surface area contributed by atoms with Crippen LogP contribution in [0.1, 0.15) is 5.82 Å². The maximum atomic E-state index is 11.4. The maximum absolute atomic E-state index is 11.4. The highest BCUT2D eigenvalue weighted by Crippen LogP contribution is 2.35. The molecule has 0 fully saturated rings. The Morgan fingerprint density at radius 2 is 1.95 bits per heavy atom. The lowest BCUT2D eigenvalue weighted by molar-refractivity contribution is -0.385. The van der Waals surface area contributed by atoms with Gasteiger partial charge in [-0.2, -0.15) is 0 Å². The predicted molar refractivity (Wildman–Crippen MR) is 79.0 cm³/mol. The smallest absolute Gasteiger partial charge is 0.334 e. The number of nitro benzene ring substituents is 1. The summed E-state index contributed by atoms with van der Waals surface area (Å²) in [6.45, 7) is 1.82. The second-order valence-electron chi connectivity index (χ2n) is 4.57. The first-order valence-corrected chi connectivity index (χ1v) is 6.39. The van der Waals surface area contributed by atoms with Gasteiger partial charge >= 0.3 is 5.69 Å². The number of hydrogen-bond acceptors (Lipinski definition) is 4. The fraction of sp³-hybridized carbons (Fsp3) is 0.133.